The molecule has 152 valence electrons. The molecule has 0 unspecified atom stereocenters. The van der Waals surface area contributed by atoms with Gasteiger partial charge in [0.05, 0.1) is 17.4 Å². The maximum absolute atomic E-state index is 12.7. The van der Waals surface area contributed by atoms with Crippen LogP contribution < -0.4 is 11.1 Å². The maximum atomic E-state index is 12.7. The Labute approximate surface area is 173 Å². The highest BCUT2D eigenvalue weighted by atomic mass is 35.5. The van der Waals surface area contributed by atoms with E-state index in [9.17, 15) is 13.2 Å². The first-order valence-electron chi connectivity index (χ1n) is 9.37. The smallest absolute Gasteiger partial charge is 0.228 e. The van der Waals surface area contributed by atoms with E-state index in [0.29, 0.717) is 16.9 Å². The van der Waals surface area contributed by atoms with Crippen molar-refractivity contribution in [2.24, 2.45) is 0 Å². The van der Waals surface area contributed by atoms with Gasteiger partial charge >= 0.3 is 0 Å². The highest BCUT2D eigenvalue weighted by Crippen LogP contribution is 2.26. The Morgan fingerprint density at radius 2 is 1.68 bits per heavy atom. The molecule has 0 heterocycles. The molecule has 1 fully saturated rings. The van der Waals surface area contributed by atoms with Gasteiger partial charge in [0, 0.05) is 11.4 Å². The molecule has 2 aromatic rings. The van der Waals surface area contributed by atoms with Crippen molar-refractivity contribution in [3.8, 4) is 0 Å². The van der Waals surface area contributed by atoms with Crippen LogP contribution in [-0.4, -0.2) is 19.6 Å². The molecule has 1 aliphatic rings. The van der Waals surface area contributed by atoms with Crippen LogP contribution >= 0.6 is 12.4 Å². The topological polar surface area (TPSA) is 89.3 Å². The van der Waals surface area contributed by atoms with E-state index < -0.39 is 9.84 Å². The zero-order valence-electron chi connectivity index (χ0n) is 15.8. The summed E-state index contributed by atoms with van der Waals surface area (Å²) in [5, 5.41) is 2.62. The lowest BCUT2D eigenvalue weighted by atomic mass is 10.0. The number of nitrogens with one attached hydrogen (secondary N) is 1. The largest absolute Gasteiger partial charge is 0.399 e. The Balaban J connectivity index is 0.00000280. The Morgan fingerprint density at radius 3 is 2.36 bits per heavy atom. The summed E-state index contributed by atoms with van der Waals surface area (Å²) in [5.74, 6) is -0.119. The number of hydrogen-bond acceptors (Lipinski definition) is 4. The summed E-state index contributed by atoms with van der Waals surface area (Å²) in [5.41, 5.74) is 8.51. The van der Waals surface area contributed by atoms with Crippen molar-refractivity contribution >= 4 is 39.5 Å². The number of carbonyl (C=O) groups excluding carboxylic acids is 1. The first kappa shape index (κ1) is 22.2. The summed E-state index contributed by atoms with van der Waals surface area (Å²) in [7, 11) is -3.16. The quantitative estimate of drug-likeness (QED) is 0.685. The summed E-state index contributed by atoms with van der Waals surface area (Å²) < 4.78 is 25.3. The second kappa shape index (κ2) is 9.94. The predicted molar refractivity (Wildman–Crippen MR) is 116 cm³/mol. The molecular formula is C21H27ClN2O3S. The van der Waals surface area contributed by atoms with Crippen molar-refractivity contribution in [2.75, 3.05) is 11.1 Å². The van der Waals surface area contributed by atoms with Gasteiger partial charge in [0.25, 0.3) is 0 Å². The molecule has 1 aliphatic carbocycles. The van der Waals surface area contributed by atoms with Gasteiger partial charge in [-0.15, -0.1) is 12.4 Å². The number of benzene rings is 2. The number of nitrogen functional groups attached to an aromatic ring is 1. The first-order valence-corrected chi connectivity index (χ1v) is 11.1. The Hall–Kier alpha value is -2.05. The third-order valence-electron chi connectivity index (χ3n) is 4.98. The third kappa shape index (κ3) is 6.24. The van der Waals surface area contributed by atoms with E-state index in [-0.39, 0.29) is 35.7 Å². The van der Waals surface area contributed by atoms with Crippen molar-refractivity contribution in [1.82, 2.24) is 0 Å². The van der Waals surface area contributed by atoms with E-state index in [4.69, 9.17) is 5.73 Å². The number of carbonyl (C=O) groups is 1. The van der Waals surface area contributed by atoms with Crippen LogP contribution in [0.3, 0.4) is 0 Å². The number of rotatable bonds is 6. The van der Waals surface area contributed by atoms with E-state index in [1.165, 1.54) is 0 Å². The summed E-state index contributed by atoms with van der Waals surface area (Å²) >= 11 is 0. The van der Waals surface area contributed by atoms with Crippen molar-refractivity contribution in [2.45, 2.75) is 49.5 Å². The summed E-state index contributed by atoms with van der Waals surface area (Å²) in [4.78, 5) is 12.3. The number of halogens is 1. The highest BCUT2D eigenvalue weighted by molar-refractivity contribution is 7.91. The molecule has 7 heteroatoms. The van der Waals surface area contributed by atoms with Gasteiger partial charge in [-0.05, 0) is 48.2 Å². The normalized spacial score (nSPS) is 14.9. The van der Waals surface area contributed by atoms with Crippen LogP contribution in [0.15, 0.2) is 48.5 Å². The molecule has 3 rings (SSSR count). The van der Waals surface area contributed by atoms with Crippen molar-refractivity contribution in [3.05, 3.63) is 59.7 Å². The van der Waals surface area contributed by atoms with Crippen LogP contribution in [0.1, 0.15) is 43.2 Å². The van der Waals surface area contributed by atoms with Gasteiger partial charge in [-0.3, -0.25) is 4.79 Å². The van der Waals surface area contributed by atoms with Crippen LogP contribution in [0, 0.1) is 0 Å². The fourth-order valence-electron chi connectivity index (χ4n) is 3.54. The second-order valence-corrected chi connectivity index (χ2v) is 9.52. The first-order chi connectivity index (χ1) is 12.9. The number of hydrogen-bond donors (Lipinski definition) is 2. The van der Waals surface area contributed by atoms with E-state index >= 15 is 0 Å². The lowest BCUT2D eigenvalue weighted by Gasteiger charge is -2.21. The van der Waals surface area contributed by atoms with Crippen LogP contribution in [0.2, 0.25) is 0 Å². The van der Waals surface area contributed by atoms with Gasteiger partial charge in [-0.2, -0.15) is 0 Å². The minimum atomic E-state index is -3.16. The molecule has 1 saturated carbocycles. The van der Waals surface area contributed by atoms with Gasteiger partial charge in [0.2, 0.25) is 5.91 Å². The fraction of sp³-hybridized carbons (Fsp3) is 0.381. The Kier molecular flexibility index (Phi) is 7.89. The maximum Gasteiger partial charge on any atom is 0.228 e. The fourth-order valence-corrected chi connectivity index (χ4v) is 5.47. The van der Waals surface area contributed by atoms with Gasteiger partial charge in [0.1, 0.15) is 0 Å². The molecule has 0 spiro atoms. The minimum absolute atomic E-state index is 0. The average molecular weight is 423 g/mol. The average Bonchev–Trinajstić information content (AvgIpc) is 2.64. The lowest BCUT2D eigenvalue weighted by molar-refractivity contribution is -0.115. The molecule has 3 N–H and O–H groups in total. The van der Waals surface area contributed by atoms with Crippen LogP contribution in [0.5, 0.6) is 0 Å². The van der Waals surface area contributed by atoms with E-state index in [1.807, 2.05) is 12.1 Å². The van der Waals surface area contributed by atoms with Gasteiger partial charge < -0.3 is 11.1 Å². The SMILES string of the molecule is Cl.Nc1ccc(CC(=O)Nc2cccc(CS(=O)(=O)C3CCCCC3)c2)cc1. The molecule has 1 amide bonds. The number of anilines is 2. The zero-order valence-corrected chi connectivity index (χ0v) is 17.4. The molecule has 2 aromatic carbocycles. The molecule has 0 aliphatic heterocycles. The van der Waals surface area contributed by atoms with Crippen LogP contribution in [0.4, 0.5) is 11.4 Å². The van der Waals surface area contributed by atoms with Gasteiger partial charge in [-0.1, -0.05) is 43.5 Å². The molecule has 5 nitrogen and oxygen atoms in total. The van der Waals surface area contributed by atoms with Gasteiger partial charge in [-0.25, -0.2) is 8.42 Å². The van der Waals surface area contributed by atoms with Crippen molar-refractivity contribution in [1.29, 1.82) is 0 Å². The van der Waals surface area contributed by atoms with E-state index in [0.717, 1.165) is 37.7 Å². The molecular weight excluding hydrogens is 396 g/mol. The molecule has 0 aromatic heterocycles. The Bertz CT molecular complexity index is 892. The number of nitrogens with two attached hydrogens (primary N) is 1. The van der Waals surface area contributed by atoms with Crippen molar-refractivity contribution in [3.63, 3.8) is 0 Å². The van der Waals surface area contributed by atoms with Gasteiger partial charge in [0.15, 0.2) is 9.84 Å². The molecule has 0 saturated heterocycles. The van der Waals surface area contributed by atoms with Crippen LogP contribution in [0.25, 0.3) is 0 Å². The molecule has 28 heavy (non-hydrogen) atoms. The highest BCUT2D eigenvalue weighted by Gasteiger charge is 2.27. The van der Waals surface area contributed by atoms with Crippen LogP contribution in [-0.2, 0) is 26.8 Å². The predicted octanol–water partition coefficient (Wildman–Crippen LogP) is 4.12. The molecule has 0 radical (unpaired) electrons. The summed E-state index contributed by atoms with van der Waals surface area (Å²) in [6.45, 7) is 0. The third-order valence-corrected chi connectivity index (χ3v) is 7.21. The second-order valence-electron chi connectivity index (χ2n) is 7.23. The van der Waals surface area contributed by atoms with Crippen molar-refractivity contribution < 1.29 is 13.2 Å². The van der Waals surface area contributed by atoms with E-state index in [1.54, 1.807) is 36.4 Å². The van der Waals surface area contributed by atoms with E-state index in [2.05, 4.69) is 5.32 Å². The molecule has 0 atom stereocenters. The molecule has 0 bridgehead atoms. The minimum Gasteiger partial charge on any atom is -0.399 e. The summed E-state index contributed by atoms with van der Waals surface area (Å²) in [6, 6.07) is 14.3. The zero-order chi connectivity index (χ0) is 19.3. The monoisotopic (exact) mass is 422 g/mol. The number of amides is 1. The Morgan fingerprint density at radius 1 is 1.00 bits per heavy atom. The lowest BCUT2D eigenvalue weighted by Crippen LogP contribution is -2.25. The number of sulfone groups is 1. The standard InChI is InChI=1S/C21H26N2O3S.ClH/c22-18-11-9-16(10-12-18)14-21(24)23-19-6-4-5-17(13-19)15-27(25,26)20-7-2-1-3-8-20;/h4-6,9-13,20H,1-3,7-8,14-15,22H2,(H,23,24);1H. The summed E-state index contributed by atoms with van der Waals surface area (Å²) in [6.07, 6.45) is 4.88.